The molecule has 39 heavy (non-hydrogen) atoms. The van der Waals surface area contributed by atoms with Crippen molar-refractivity contribution in [3.05, 3.63) is 120 Å². The minimum atomic E-state index is -0.0846. The van der Waals surface area contributed by atoms with Crippen LogP contribution in [0.25, 0.3) is 0 Å². The molecule has 6 heteroatoms. The second-order valence-corrected chi connectivity index (χ2v) is 10.0. The minimum Gasteiger partial charge on any atom is -0.497 e. The van der Waals surface area contributed by atoms with E-state index in [1.807, 2.05) is 30.3 Å². The summed E-state index contributed by atoms with van der Waals surface area (Å²) < 4.78 is 13.4. The molecule has 0 spiro atoms. The molecule has 0 bridgehead atoms. The van der Waals surface area contributed by atoms with E-state index in [1.54, 1.807) is 14.2 Å². The molecule has 1 aliphatic heterocycles. The van der Waals surface area contributed by atoms with Gasteiger partial charge in [0.25, 0.3) is 0 Å². The van der Waals surface area contributed by atoms with Crippen LogP contribution in [-0.4, -0.2) is 49.2 Å². The van der Waals surface area contributed by atoms with E-state index >= 15 is 0 Å². The summed E-state index contributed by atoms with van der Waals surface area (Å²) in [4.78, 5) is 15.6. The maximum atomic E-state index is 13.3. The molecule has 0 saturated carbocycles. The first-order chi connectivity index (χ1) is 19.2. The van der Waals surface area contributed by atoms with E-state index in [0.717, 1.165) is 43.0 Å². The van der Waals surface area contributed by atoms with Gasteiger partial charge in [-0.25, -0.2) is 0 Å². The van der Waals surface area contributed by atoms with Gasteiger partial charge >= 0.3 is 0 Å². The second-order valence-electron chi connectivity index (χ2n) is 10.0. The molecule has 0 fully saturated rings. The molecule has 1 aromatic heterocycles. The number of rotatable bonds is 10. The molecule has 1 unspecified atom stereocenters. The Morgan fingerprint density at radius 1 is 0.872 bits per heavy atom. The molecule has 1 atom stereocenters. The molecule has 0 saturated heterocycles. The Morgan fingerprint density at radius 3 is 2.13 bits per heavy atom. The quantitative estimate of drug-likeness (QED) is 0.292. The zero-order valence-electron chi connectivity index (χ0n) is 22.8. The van der Waals surface area contributed by atoms with Crippen molar-refractivity contribution in [2.75, 3.05) is 33.9 Å². The highest BCUT2D eigenvalue weighted by Gasteiger charge is 2.29. The van der Waals surface area contributed by atoms with Crippen LogP contribution in [0.5, 0.6) is 11.5 Å². The van der Waals surface area contributed by atoms with Gasteiger partial charge < -0.3 is 19.4 Å². The lowest BCUT2D eigenvalue weighted by molar-refractivity contribution is -0.122. The average molecular weight is 524 g/mol. The van der Waals surface area contributed by atoms with E-state index in [1.165, 1.54) is 16.8 Å². The van der Waals surface area contributed by atoms with Gasteiger partial charge in [-0.3, -0.25) is 9.69 Å². The summed E-state index contributed by atoms with van der Waals surface area (Å²) >= 11 is 0. The number of hydrogen-bond acceptors (Lipinski definition) is 4. The van der Waals surface area contributed by atoms with Crippen LogP contribution in [0.1, 0.15) is 47.2 Å². The molecule has 1 aliphatic rings. The number of aryl methyl sites for hydroxylation is 1. The fraction of sp³-hybridized carbons (Fsp3) is 0.303. The van der Waals surface area contributed by atoms with Crippen LogP contribution in [0.15, 0.2) is 97.2 Å². The molecular formula is C33H37N3O3. The largest absolute Gasteiger partial charge is 0.497 e. The third kappa shape index (κ3) is 6.35. The van der Waals surface area contributed by atoms with Crippen molar-refractivity contribution in [3.63, 3.8) is 0 Å². The monoisotopic (exact) mass is 523 g/mol. The van der Waals surface area contributed by atoms with Gasteiger partial charge in [0.1, 0.15) is 11.5 Å². The van der Waals surface area contributed by atoms with Crippen molar-refractivity contribution in [1.29, 1.82) is 0 Å². The number of aromatic nitrogens is 1. The van der Waals surface area contributed by atoms with Crippen LogP contribution >= 0.6 is 0 Å². The predicted molar refractivity (Wildman–Crippen MR) is 154 cm³/mol. The van der Waals surface area contributed by atoms with Crippen LogP contribution in [0, 0.1) is 0 Å². The summed E-state index contributed by atoms with van der Waals surface area (Å²) in [5.74, 6) is 1.74. The Labute approximate surface area is 231 Å². The number of carbonyl (C=O) groups excluding carboxylic acids is 1. The molecular weight excluding hydrogens is 486 g/mol. The molecule has 6 nitrogen and oxygen atoms in total. The SMILES string of the molecule is COc1cc(OC)cc(C2c3cccn3CCCN2CC(=O)NCCC(c2ccccc2)c2ccccc2)c1. The second kappa shape index (κ2) is 12.7. The number of carbonyl (C=O) groups is 1. The Hall–Kier alpha value is -4.03. The molecule has 1 amide bonds. The van der Waals surface area contributed by atoms with Crippen molar-refractivity contribution < 1.29 is 14.3 Å². The van der Waals surface area contributed by atoms with Crippen molar-refractivity contribution >= 4 is 5.91 Å². The Morgan fingerprint density at radius 2 is 1.51 bits per heavy atom. The normalized spacial score (nSPS) is 15.4. The molecule has 202 valence electrons. The van der Waals surface area contributed by atoms with Crippen LogP contribution in [0.3, 0.4) is 0 Å². The summed E-state index contributed by atoms with van der Waals surface area (Å²) in [5.41, 5.74) is 4.74. The molecule has 0 aliphatic carbocycles. The van der Waals surface area contributed by atoms with Crippen LogP contribution in [0.4, 0.5) is 0 Å². The van der Waals surface area contributed by atoms with Gasteiger partial charge in [-0.2, -0.15) is 0 Å². The Bertz CT molecular complexity index is 1290. The number of ether oxygens (including phenoxy) is 2. The summed E-state index contributed by atoms with van der Waals surface area (Å²) in [6, 6.07) is 31.2. The van der Waals surface area contributed by atoms with Crippen LogP contribution in [-0.2, 0) is 11.3 Å². The molecule has 0 radical (unpaired) electrons. The van der Waals surface area contributed by atoms with Crippen molar-refractivity contribution in [2.45, 2.75) is 31.3 Å². The lowest BCUT2D eigenvalue weighted by atomic mass is 9.88. The van der Waals surface area contributed by atoms with Gasteiger partial charge in [0.2, 0.25) is 5.91 Å². The molecule has 5 rings (SSSR count). The first kappa shape index (κ1) is 26.6. The van der Waals surface area contributed by atoms with E-state index in [2.05, 4.69) is 81.6 Å². The summed E-state index contributed by atoms with van der Waals surface area (Å²) in [6.07, 6.45) is 3.92. The summed E-state index contributed by atoms with van der Waals surface area (Å²) in [5, 5.41) is 3.22. The first-order valence-electron chi connectivity index (χ1n) is 13.6. The Balaban J connectivity index is 1.32. The third-order valence-electron chi connectivity index (χ3n) is 7.55. The summed E-state index contributed by atoms with van der Waals surface area (Å²) in [6.45, 7) is 2.66. The van der Waals surface area contributed by atoms with Crippen molar-refractivity contribution in [1.82, 2.24) is 14.8 Å². The van der Waals surface area contributed by atoms with Gasteiger partial charge in [0.05, 0.1) is 26.8 Å². The highest BCUT2D eigenvalue weighted by atomic mass is 16.5. The fourth-order valence-electron chi connectivity index (χ4n) is 5.67. The molecule has 3 aromatic carbocycles. The number of fused-ring (bicyclic) bond motifs is 1. The first-order valence-corrected chi connectivity index (χ1v) is 13.6. The smallest absolute Gasteiger partial charge is 0.234 e. The van der Waals surface area contributed by atoms with Gasteiger partial charge in [-0.1, -0.05) is 60.7 Å². The number of nitrogens with one attached hydrogen (secondary N) is 1. The van der Waals surface area contributed by atoms with E-state index in [0.29, 0.717) is 13.1 Å². The maximum Gasteiger partial charge on any atom is 0.234 e. The summed E-state index contributed by atoms with van der Waals surface area (Å²) in [7, 11) is 3.33. The standard InChI is InChI=1S/C33H37N3O3/c1-38-28-21-27(22-29(23-28)39-2)33-31-15-9-18-35(31)19-10-20-36(33)24-32(37)34-17-16-30(25-11-5-3-6-12-25)26-13-7-4-8-14-26/h3-9,11-15,18,21-23,30,33H,10,16-17,19-20,24H2,1-2H3,(H,34,37). The minimum absolute atomic E-state index is 0.0368. The zero-order chi connectivity index (χ0) is 27.0. The van der Waals surface area contributed by atoms with Crippen LogP contribution in [0.2, 0.25) is 0 Å². The molecule has 2 heterocycles. The van der Waals surface area contributed by atoms with Gasteiger partial charge in [0.15, 0.2) is 0 Å². The average Bonchev–Trinajstić information content (AvgIpc) is 3.36. The predicted octanol–water partition coefficient (Wildman–Crippen LogP) is 5.64. The van der Waals surface area contributed by atoms with Gasteiger partial charge in [-0.15, -0.1) is 0 Å². The lowest BCUT2D eigenvalue weighted by Crippen LogP contribution is -2.40. The Kier molecular flexibility index (Phi) is 8.64. The highest BCUT2D eigenvalue weighted by molar-refractivity contribution is 5.78. The van der Waals surface area contributed by atoms with E-state index in [4.69, 9.17) is 9.47 Å². The third-order valence-corrected chi connectivity index (χ3v) is 7.55. The van der Waals surface area contributed by atoms with Crippen molar-refractivity contribution in [2.24, 2.45) is 0 Å². The van der Waals surface area contributed by atoms with Gasteiger partial charge in [0, 0.05) is 43.5 Å². The van der Waals surface area contributed by atoms with Crippen LogP contribution < -0.4 is 14.8 Å². The topological polar surface area (TPSA) is 55.7 Å². The fourth-order valence-corrected chi connectivity index (χ4v) is 5.67. The number of amides is 1. The number of methoxy groups -OCH3 is 2. The molecule has 4 aromatic rings. The number of benzene rings is 3. The zero-order valence-corrected chi connectivity index (χ0v) is 22.8. The van der Waals surface area contributed by atoms with E-state index < -0.39 is 0 Å². The van der Waals surface area contributed by atoms with Crippen molar-refractivity contribution in [3.8, 4) is 11.5 Å². The number of hydrogen-bond donors (Lipinski definition) is 1. The van der Waals surface area contributed by atoms with Gasteiger partial charge in [-0.05, 0) is 53.8 Å². The number of nitrogens with zero attached hydrogens (tertiary/aromatic N) is 2. The highest BCUT2D eigenvalue weighted by Crippen LogP contribution is 2.36. The maximum absolute atomic E-state index is 13.3. The van der Waals surface area contributed by atoms with E-state index in [-0.39, 0.29) is 17.9 Å². The lowest BCUT2D eigenvalue weighted by Gasteiger charge is -2.30. The van der Waals surface area contributed by atoms with E-state index in [9.17, 15) is 4.79 Å². The molecule has 1 N–H and O–H groups in total.